The number of halogens is 1. The maximum absolute atomic E-state index is 8.76. The first-order valence-corrected chi connectivity index (χ1v) is 5.33. The van der Waals surface area contributed by atoms with Gasteiger partial charge in [0, 0.05) is 4.90 Å². The summed E-state index contributed by atoms with van der Waals surface area (Å²) >= 11 is 7.29. The number of nitrogens with zero attached hydrogens (tertiary/aromatic N) is 2. The van der Waals surface area contributed by atoms with Gasteiger partial charge in [0.15, 0.2) is 5.69 Å². The highest BCUT2D eigenvalue weighted by Gasteiger charge is 2.03. The number of hydrogen-bond acceptors (Lipinski definition) is 3. The Labute approximate surface area is 86.9 Å². The predicted octanol–water partition coefficient (Wildman–Crippen LogP) is 3.11. The van der Waals surface area contributed by atoms with Crippen LogP contribution in [0.3, 0.4) is 0 Å². The minimum absolute atomic E-state index is 0.373. The molecule has 68 valence electrons. The SMILES string of the molecule is CCCSc1ccc(Cl)nc1C#N. The van der Waals surface area contributed by atoms with Crippen molar-refractivity contribution in [3.63, 3.8) is 0 Å². The molecule has 1 heterocycles. The predicted molar refractivity (Wildman–Crippen MR) is 55.0 cm³/mol. The second kappa shape index (κ2) is 5.11. The summed E-state index contributed by atoms with van der Waals surface area (Å²) < 4.78 is 0. The molecule has 2 nitrogen and oxygen atoms in total. The lowest BCUT2D eigenvalue weighted by atomic mass is 10.4. The van der Waals surface area contributed by atoms with Gasteiger partial charge in [-0.2, -0.15) is 5.26 Å². The second-order valence-corrected chi connectivity index (χ2v) is 3.96. The molecule has 0 spiro atoms. The van der Waals surface area contributed by atoms with Crippen LogP contribution in [0, 0.1) is 11.3 Å². The van der Waals surface area contributed by atoms with Crippen molar-refractivity contribution in [2.45, 2.75) is 18.2 Å². The van der Waals surface area contributed by atoms with Crippen molar-refractivity contribution in [1.82, 2.24) is 4.98 Å². The Balaban J connectivity index is 2.88. The molecular formula is C9H9ClN2S. The second-order valence-electron chi connectivity index (χ2n) is 2.44. The summed E-state index contributed by atoms with van der Waals surface area (Å²) in [5, 5.41) is 9.13. The Morgan fingerprint density at radius 3 is 3.00 bits per heavy atom. The summed E-state index contributed by atoms with van der Waals surface area (Å²) in [4.78, 5) is 4.84. The van der Waals surface area contributed by atoms with Gasteiger partial charge in [0.2, 0.25) is 0 Å². The molecule has 0 radical (unpaired) electrons. The zero-order valence-electron chi connectivity index (χ0n) is 7.25. The first-order valence-electron chi connectivity index (χ1n) is 3.97. The van der Waals surface area contributed by atoms with Gasteiger partial charge in [-0.15, -0.1) is 11.8 Å². The summed E-state index contributed by atoms with van der Waals surface area (Å²) in [6, 6.07) is 5.58. The van der Waals surface area contributed by atoms with Crippen molar-refractivity contribution < 1.29 is 0 Å². The van der Waals surface area contributed by atoms with E-state index in [0.717, 1.165) is 17.1 Å². The van der Waals surface area contributed by atoms with E-state index in [2.05, 4.69) is 11.9 Å². The molecule has 1 aromatic heterocycles. The number of aromatic nitrogens is 1. The number of pyridine rings is 1. The molecule has 0 fully saturated rings. The van der Waals surface area contributed by atoms with Crippen LogP contribution in [0.15, 0.2) is 17.0 Å². The van der Waals surface area contributed by atoms with Crippen molar-refractivity contribution in [3.05, 3.63) is 23.0 Å². The highest BCUT2D eigenvalue weighted by Crippen LogP contribution is 2.22. The van der Waals surface area contributed by atoms with Gasteiger partial charge in [-0.3, -0.25) is 0 Å². The fourth-order valence-electron chi connectivity index (χ4n) is 0.831. The Morgan fingerprint density at radius 1 is 1.62 bits per heavy atom. The van der Waals surface area contributed by atoms with Gasteiger partial charge in [-0.1, -0.05) is 18.5 Å². The maximum atomic E-state index is 8.76. The van der Waals surface area contributed by atoms with Crippen LogP contribution in [-0.2, 0) is 0 Å². The molecule has 13 heavy (non-hydrogen) atoms. The van der Waals surface area contributed by atoms with Crippen LogP contribution in [0.4, 0.5) is 0 Å². The standard InChI is InChI=1S/C9H9ClN2S/c1-2-5-13-8-3-4-9(10)12-7(8)6-11/h3-4H,2,5H2,1H3. The van der Waals surface area contributed by atoms with Crippen LogP contribution in [-0.4, -0.2) is 10.7 Å². The average Bonchev–Trinajstić information content (AvgIpc) is 2.16. The normalized spacial score (nSPS) is 9.62. The van der Waals surface area contributed by atoms with Crippen molar-refractivity contribution in [3.8, 4) is 6.07 Å². The van der Waals surface area contributed by atoms with Crippen LogP contribution < -0.4 is 0 Å². The smallest absolute Gasteiger partial charge is 0.155 e. The highest BCUT2D eigenvalue weighted by atomic mass is 35.5. The number of thioether (sulfide) groups is 1. The van der Waals surface area contributed by atoms with E-state index in [0.29, 0.717) is 10.8 Å². The molecule has 0 unspecified atom stereocenters. The van der Waals surface area contributed by atoms with E-state index in [-0.39, 0.29) is 0 Å². The molecule has 0 atom stereocenters. The molecule has 1 rings (SSSR count). The Bertz CT molecular complexity index is 333. The molecule has 0 aliphatic heterocycles. The van der Waals surface area contributed by atoms with E-state index in [4.69, 9.17) is 16.9 Å². The van der Waals surface area contributed by atoms with E-state index in [9.17, 15) is 0 Å². The third-order valence-electron chi connectivity index (χ3n) is 1.39. The van der Waals surface area contributed by atoms with E-state index in [1.165, 1.54) is 0 Å². The minimum atomic E-state index is 0.373. The first kappa shape index (κ1) is 10.4. The van der Waals surface area contributed by atoms with Crippen molar-refractivity contribution in [1.29, 1.82) is 5.26 Å². The highest BCUT2D eigenvalue weighted by molar-refractivity contribution is 7.99. The van der Waals surface area contributed by atoms with E-state index in [1.807, 2.05) is 12.1 Å². The third kappa shape index (κ3) is 2.91. The van der Waals surface area contributed by atoms with E-state index < -0.39 is 0 Å². The van der Waals surface area contributed by atoms with Crippen LogP contribution in [0.2, 0.25) is 5.15 Å². The van der Waals surface area contributed by atoms with Crippen molar-refractivity contribution in [2.24, 2.45) is 0 Å². The van der Waals surface area contributed by atoms with Crippen molar-refractivity contribution >= 4 is 23.4 Å². The zero-order valence-corrected chi connectivity index (χ0v) is 8.82. The summed E-state index contributed by atoms with van der Waals surface area (Å²) in [5.74, 6) is 0.998. The topological polar surface area (TPSA) is 36.7 Å². The molecule has 0 aromatic carbocycles. The third-order valence-corrected chi connectivity index (χ3v) is 2.86. The zero-order chi connectivity index (χ0) is 9.68. The molecule has 1 aromatic rings. The van der Waals surface area contributed by atoms with Gasteiger partial charge in [0.1, 0.15) is 11.2 Å². The number of rotatable bonds is 3. The van der Waals surface area contributed by atoms with Gasteiger partial charge in [-0.25, -0.2) is 4.98 Å². The number of nitriles is 1. The van der Waals surface area contributed by atoms with Crippen LogP contribution in [0.25, 0.3) is 0 Å². The summed E-state index contributed by atoms with van der Waals surface area (Å²) in [6.45, 7) is 2.10. The van der Waals surface area contributed by atoms with Crippen molar-refractivity contribution in [2.75, 3.05) is 5.75 Å². The summed E-state index contributed by atoms with van der Waals surface area (Å²) in [7, 11) is 0. The first-order chi connectivity index (χ1) is 6.27. The Kier molecular flexibility index (Phi) is 4.07. The molecule has 0 saturated heterocycles. The lowest BCUT2D eigenvalue weighted by Crippen LogP contribution is -1.88. The molecule has 0 amide bonds. The monoisotopic (exact) mass is 212 g/mol. The molecular weight excluding hydrogens is 204 g/mol. The molecule has 0 saturated carbocycles. The van der Waals surface area contributed by atoms with Gasteiger partial charge >= 0.3 is 0 Å². The molecule has 0 aliphatic rings. The van der Waals surface area contributed by atoms with Gasteiger partial charge in [0.25, 0.3) is 0 Å². The fraction of sp³-hybridized carbons (Fsp3) is 0.333. The van der Waals surface area contributed by atoms with Gasteiger partial charge < -0.3 is 0 Å². The van der Waals surface area contributed by atoms with E-state index >= 15 is 0 Å². The minimum Gasteiger partial charge on any atom is -0.224 e. The quantitative estimate of drug-likeness (QED) is 0.571. The molecule has 0 N–H and O–H groups in total. The Morgan fingerprint density at radius 2 is 2.38 bits per heavy atom. The van der Waals surface area contributed by atoms with E-state index in [1.54, 1.807) is 17.8 Å². The van der Waals surface area contributed by atoms with Crippen LogP contribution in [0.5, 0.6) is 0 Å². The largest absolute Gasteiger partial charge is 0.224 e. The molecule has 4 heteroatoms. The summed E-state index contributed by atoms with van der Waals surface area (Å²) in [5.41, 5.74) is 0.422. The Hall–Kier alpha value is -0.720. The number of hydrogen-bond donors (Lipinski definition) is 0. The molecule has 0 aliphatic carbocycles. The van der Waals surface area contributed by atoms with Crippen LogP contribution in [0.1, 0.15) is 19.0 Å². The maximum Gasteiger partial charge on any atom is 0.155 e. The van der Waals surface area contributed by atoms with Crippen LogP contribution >= 0.6 is 23.4 Å². The molecule has 0 bridgehead atoms. The lowest BCUT2D eigenvalue weighted by molar-refractivity contribution is 1.10. The summed E-state index contributed by atoms with van der Waals surface area (Å²) in [6.07, 6.45) is 1.08. The fourth-order valence-corrected chi connectivity index (χ4v) is 1.79. The van der Waals surface area contributed by atoms with Gasteiger partial charge in [-0.05, 0) is 24.3 Å². The van der Waals surface area contributed by atoms with Gasteiger partial charge in [0.05, 0.1) is 0 Å². The average molecular weight is 213 g/mol. The lowest BCUT2D eigenvalue weighted by Gasteiger charge is -2.01.